The van der Waals surface area contributed by atoms with Crippen molar-refractivity contribution in [2.45, 2.75) is 25.2 Å². The van der Waals surface area contributed by atoms with E-state index < -0.39 is 0 Å². The summed E-state index contributed by atoms with van der Waals surface area (Å²) in [5.41, 5.74) is 1.31. The summed E-state index contributed by atoms with van der Waals surface area (Å²) in [5, 5.41) is 2.77. The molecule has 80 valence electrons. The second-order valence-corrected chi connectivity index (χ2v) is 4.17. The van der Waals surface area contributed by atoms with Crippen molar-refractivity contribution >= 4 is 5.91 Å². The molecule has 2 nitrogen and oxygen atoms in total. The molecule has 1 aromatic carbocycles. The summed E-state index contributed by atoms with van der Waals surface area (Å²) in [6, 6.07) is 10.4. The second-order valence-electron chi connectivity index (χ2n) is 4.17. The van der Waals surface area contributed by atoms with Crippen LogP contribution in [0.1, 0.15) is 30.7 Å². The van der Waals surface area contributed by atoms with Gasteiger partial charge < -0.3 is 5.32 Å². The number of carbonyl (C=O) groups excluding carboxylic acids is 1. The third-order valence-corrected chi connectivity index (χ3v) is 3.33. The summed E-state index contributed by atoms with van der Waals surface area (Å²) in [6.45, 7) is 0. The second kappa shape index (κ2) is 4.47. The summed E-state index contributed by atoms with van der Waals surface area (Å²) >= 11 is 0. The van der Waals surface area contributed by atoms with Gasteiger partial charge in [0.1, 0.15) is 0 Å². The zero-order valence-electron chi connectivity index (χ0n) is 9.07. The van der Waals surface area contributed by atoms with Crippen molar-refractivity contribution in [3.05, 3.63) is 35.9 Å². The Morgan fingerprint density at radius 1 is 1.27 bits per heavy atom. The minimum Gasteiger partial charge on any atom is -0.359 e. The van der Waals surface area contributed by atoms with Crippen LogP contribution in [0, 0.1) is 5.92 Å². The minimum absolute atomic E-state index is 0.178. The molecule has 15 heavy (non-hydrogen) atoms. The summed E-state index contributed by atoms with van der Waals surface area (Å²) in [6.07, 6.45) is 3.33. The SMILES string of the molecule is CNC(=O)[C@H]1CCC[C@H]1c1ccccc1. The summed E-state index contributed by atoms with van der Waals surface area (Å²) in [4.78, 5) is 11.7. The maximum atomic E-state index is 11.7. The first-order chi connectivity index (χ1) is 7.33. The lowest BCUT2D eigenvalue weighted by molar-refractivity contribution is -0.124. The summed E-state index contributed by atoms with van der Waals surface area (Å²) < 4.78 is 0. The van der Waals surface area contributed by atoms with E-state index in [-0.39, 0.29) is 11.8 Å². The molecule has 1 amide bonds. The normalized spacial score (nSPS) is 25.1. The third-order valence-electron chi connectivity index (χ3n) is 3.33. The molecular weight excluding hydrogens is 186 g/mol. The van der Waals surface area contributed by atoms with Crippen LogP contribution in [-0.4, -0.2) is 13.0 Å². The fourth-order valence-corrected chi connectivity index (χ4v) is 2.56. The molecule has 0 saturated heterocycles. The van der Waals surface area contributed by atoms with E-state index in [0.717, 1.165) is 19.3 Å². The first-order valence-corrected chi connectivity index (χ1v) is 5.59. The molecule has 1 aliphatic carbocycles. The van der Waals surface area contributed by atoms with Gasteiger partial charge in [-0.2, -0.15) is 0 Å². The van der Waals surface area contributed by atoms with Crippen molar-refractivity contribution < 1.29 is 4.79 Å². The molecule has 0 unspecified atom stereocenters. The fourth-order valence-electron chi connectivity index (χ4n) is 2.56. The van der Waals surface area contributed by atoms with E-state index in [9.17, 15) is 4.79 Å². The number of nitrogens with one attached hydrogen (secondary N) is 1. The molecule has 2 heteroatoms. The van der Waals surface area contributed by atoms with Crippen LogP contribution in [0.2, 0.25) is 0 Å². The van der Waals surface area contributed by atoms with Crippen molar-refractivity contribution in [2.24, 2.45) is 5.92 Å². The largest absolute Gasteiger partial charge is 0.359 e. The van der Waals surface area contributed by atoms with Crippen LogP contribution in [0.25, 0.3) is 0 Å². The van der Waals surface area contributed by atoms with Gasteiger partial charge in [0.15, 0.2) is 0 Å². The highest BCUT2D eigenvalue weighted by Crippen LogP contribution is 2.39. The highest BCUT2D eigenvalue weighted by molar-refractivity contribution is 5.79. The Balaban J connectivity index is 2.18. The van der Waals surface area contributed by atoms with Crippen LogP contribution < -0.4 is 5.32 Å². The van der Waals surface area contributed by atoms with E-state index >= 15 is 0 Å². The zero-order valence-corrected chi connectivity index (χ0v) is 9.07. The Bertz CT molecular complexity index is 334. The quantitative estimate of drug-likeness (QED) is 0.785. The van der Waals surface area contributed by atoms with E-state index in [1.807, 2.05) is 6.07 Å². The molecule has 0 aliphatic heterocycles. The van der Waals surface area contributed by atoms with E-state index in [4.69, 9.17) is 0 Å². The van der Waals surface area contributed by atoms with Crippen LogP contribution in [0.5, 0.6) is 0 Å². The Morgan fingerprint density at radius 2 is 2.00 bits per heavy atom. The molecule has 0 bridgehead atoms. The molecule has 1 aliphatic rings. The first-order valence-electron chi connectivity index (χ1n) is 5.59. The van der Waals surface area contributed by atoms with E-state index in [2.05, 4.69) is 29.6 Å². The summed E-state index contributed by atoms with van der Waals surface area (Å²) in [5.74, 6) is 0.796. The van der Waals surface area contributed by atoms with Crippen LogP contribution in [0.4, 0.5) is 0 Å². The number of carbonyl (C=O) groups is 1. The van der Waals surface area contributed by atoms with Gasteiger partial charge in [-0.1, -0.05) is 36.8 Å². The van der Waals surface area contributed by atoms with E-state index in [0.29, 0.717) is 5.92 Å². The Hall–Kier alpha value is -1.31. The van der Waals surface area contributed by atoms with Crippen LogP contribution in [0.3, 0.4) is 0 Å². The van der Waals surface area contributed by atoms with Gasteiger partial charge in [-0.15, -0.1) is 0 Å². The van der Waals surface area contributed by atoms with Gasteiger partial charge in [-0.3, -0.25) is 4.79 Å². The minimum atomic E-state index is 0.178. The fraction of sp³-hybridized carbons (Fsp3) is 0.462. The molecule has 2 atom stereocenters. The van der Waals surface area contributed by atoms with Gasteiger partial charge in [-0.25, -0.2) is 0 Å². The van der Waals surface area contributed by atoms with Crippen molar-refractivity contribution in [3.63, 3.8) is 0 Å². The van der Waals surface area contributed by atoms with Gasteiger partial charge in [0, 0.05) is 13.0 Å². The van der Waals surface area contributed by atoms with E-state index in [1.165, 1.54) is 5.56 Å². The first kappa shape index (κ1) is 10.2. The molecule has 2 rings (SSSR count). The number of benzene rings is 1. The summed E-state index contributed by atoms with van der Waals surface area (Å²) in [7, 11) is 1.72. The lowest BCUT2D eigenvalue weighted by atomic mass is 9.88. The zero-order chi connectivity index (χ0) is 10.7. The van der Waals surface area contributed by atoms with Crippen molar-refractivity contribution in [2.75, 3.05) is 7.05 Å². The third kappa shape index (κ3) is 2.04. The molecule has 1 N–H and O–H groups in total. The Kier molecular flexibility index (Phi) is 3.05. The van der Waals surface area contributed by atoms with Gasteiger partial charge in [0.2, 0.25) is 5.91 Å². The average Bonchev–Trinajstić information content (AvgIpc) is 2.78. The average molecular weight is 203 g/mol. The maximum Gasteiger partial charge on any atom is 0.223 e. The monoisotopic (exact) mass is 203 g/mol. The van der Waals surface area contributed by atoms with Crippen LogP contribution in [-0.2, 0) is 4.79 Å². The van der Waals surface area contributed by atoms with Crippen molar-refractivity contribution in [1.29, 1.82) is 0 Å². The van der Waals surface area contributed by atoms with Gasteiger partial charge in [0.05, 0.1) is 0 Å². The maximum absolute atomic E-state index is 11.7. The Morgan fingerprint density at radius 3 is 2.67 bits per heavy atom. The number of rotatable bonds is 2. The van der Waals surface area contributed by atoms with E-state index in [1.54, 1.807) is 7.05 Å². The molecule has 0 spiro atoms. The topological polar surface area (TPSA) is 29.1 Å². The Labute approximate surface area is 90.7 Å². The number of hydrogen-bond acceptors (Lipinski definition) is 1. The molecule has 1 aromatic rings. The lowest BCUT2D eigenvalue weighted by Crippen LogP contribution is -2.28. The number of hydrogen-bond donors (Lipinski definition) is 1. The highest BCUT2D eigenvalue weighted by Gasteiger charge is 2.33. The van der Waals surface area contributed by atoms with Crippen LogP contribution >= 0.6 is 0 Å². The van der Waals surface area contributed by atoms with Crippen LogP contribution in [0.15, 0.2) is 30.3 Å². The van der Waals surface area contributed by atoms with Gasteiger partial charge in [-0.05, 0) is 24.3 Å². The van der Waals surface area contributed by atoms with Crippen molar-refractivity contribution in [1.82, 2.24) is 5.32 Å². The predicted octanol–water partition coefficient (Wildman–Crippen LogP) is 2.32. The molecule has 1 fully saturated rings. The van der Waals surface area contributed by atoms with Gasteiger partial charge in [0.25, 0.3) is 0 Å². The smallest absolute Gasteiger partial charge is 0.223 e. The molecular formula is C13H17NO. The standard InChI is InChI=1S/C13H17NO/c1-14-13(15)12-9-5-8-11(12)10-6-3-2-4-7-10/h2-4,6-7,11-12H,5,8-9H2,1H3,(H,14,15)/t11-,12-/m0/s1. The molecule has 0 aromatic heterocycles. The molecule has 1 saturated carbocycles. The molecule has 0 radical (unpaired) electrons. The number of amides is 1. The lowest BCUT2D eigenvalue weighted by Gasteiger charge is -2.18. The van der Waals surface area contributed by atoms with Crippen molar-refractivity contribution in [3.8, 4) is 0 Å². The predicted molar refractivity (Wildman–Crippen MR) is 60.6 cm³/mol. The molecule has 0 heterocycles. The van der Waals surface area contributed by atoms with Gasteiger partial charge >= 0.3 is 0 Å². The highest BCUT2D eigenvalue weighted by atomic mass is 16.1.